The standard InChI is InChI=1S/C11H16N2O2S2/c1-17(14,15)11-3-2-10(7-13-11)12-6-9-4-5-16-8-9/h2-3,7,9,12H,4-6,8H2,1H3. The molecule has 0 amide bonds. The third-order valence-electron chi connectivity index (χ3n) is 2.74. The minimum atomic E-state index is -3.19. The Kier molecular flexibility index (Phi) is 3.93. The van der Waals surface area contributed by atoms with Crippen LogP contribution >= 0.6 is 11.8 Å². The summed E-state index contributed by atoms with van der Waals surface area (Å²) in [5, 5.41) is 3.42. The third-order valence-corrected chi connectivity index (χ3v) is 4.97. The lowest BCUT2D eigenvalue weighted by molar-refractivity contribution is 0.598. The van der Waals surface area contributed by atoms with E-state index in [0.717, 1.165) is 24.4 Å². The van der Waals surface area contributed by atoms with Crippen molar-refractivity contribution in [3.05, 3.63) is 18.3 Å². The predicted octanol–water partition coefficient (Wildman–Crippen LogP) is 1.65. The number of hydrogen-bond acceptors (Lipinski definition) is 5. The fourth-order valence-electron chi connectivity index (χ4n) is 1.71. The van der Waals surface area contributed by atoms with Crippen molar-refractivity contribution >= 4 is 27.3 Å². The molecule has 0 saturated carbocycles. The second-order valence-corrected chi connectivity index (χ2v) is 7.38. The Morgan fingerprint density at radius 3 is 2.88 bits per heavy atom. The molecule has 0 aliphatic carbocycles. The molecule has 4 nitrogen and oxygen atoms in total. The molecule has 1 atom stereocenters. The van der Waals surface area contributed by atoms with Crippen molar-refractivity contribution in [3.8, 4) is 0 Å². The van der Waals surface area contributed by atoms with Crippen LogP contribution in [0.5, 0.6) is 0 Å². The molecule has 1 aromatic rings. The monoisotopic (exact) mass is 272 g/mol. The van der Waals surface area contributed by atoms with Crippen LogP contribution in [0.1, 0.15) is 6.42 Å². The van der Waals surface area contributed by atoms with Crippen molar-refractivity contribution in [3.63, 3.8) is 0 Å². The second-order valence-electron chi connectivity index (χ2n) is 4.27. The van der Waals surface area contributed by atoms with E-state index in [2.05, 4.69) is 10.3 Å². The zero-order valence-corrected chi connectivity index (χ0v) is 11.4. The second kappa shape index (κ2) is 5.27. The van der Waals surface area contributed by atoms with Gasteiger partial charge in [0.05, 0.1) is 11.9 Å². The van der Waals surface area contributed by atoms with E-state index in [1.54, 1.807) is 18.3 Å². The van der Waals surface area contributed by atoms with Gasteiger partial charge in [-0.1, -0.05) is 0 Å². The van der Waals surface area contributed by atoms with Crippen molar-refractivity contribution in [2.24, 2.45) is 5.92 Å². The summed E-state index contributed by atoms with van der Waals surface area (Å²) in [5.41, 5.74) is 0.884. The van der Waals surface area contributed by atoms with E-state index in [1.165, 1.54) is 17.9 Å². The summed E-state index contributed by atoms with van der Waals surface area (Å²) >= 11 is 1.99. The molecule has 1 N–H and O–H groups in total. The van der Waals surface area contributed by atoms with E-state index in [0.29, 0.717) is 0 Å². The Bertz CT molecular complexity index is 465. The first kappa shape index (κ1) is 12.7. The van der Waals surface area contributed by atoms with Gasteiger partial charge in [-0.3, -0.25) is 0 Å². The van der Waals surface area contributed by atoms with Crippen LogP contribution in [-0.2, 0) is 9.84 Å². The maximum atomic E-state index is 11.2. The van der Waals surface area contributed by atoms with E-state index >= 15 is 0 Å². The van der Waals surface area contributed by atoms with Crippen molar-refractivity contribution in [2.45, 2.75) is 11.4 Å². The molecule has 17 heavy (non-hydrogen) atoms. The summed E-state index contributed by atoms with van der Waals surface area (Å²) in [6.45, 7) is 0.937. The van der Waals surface area contributed by atoms with Crippen LogP contribution in [0, 0.1) is 5.92 Å². The van der Waals surface area contributed by atoms with E-state index in [4.69, 9.17) is 0 Å². The summed E-state index contributed by atoms with van der Waals surface area (Å²) < 4.78 is 22.5. The summed E-state index contributed by atoms with van der Waals surface area (Å²) in [7, 11) is -3.19. The summed E-state index contributed by atoms with van der Waals surface area (Å²) in [4.78, 5) is 3.94. The molecular formula is C11H16N2O2S2. The number of pyridine rings is 1. The number of nitrogens with one attached hydrogen (secondary N) is 1. The maximum Gasteiger partial charge on any atom is 0.192 e. The highest BCUT2D eigenvalue weighted by Crippen LogP contribution is 2.23. The summed E-state index contributed by atoms with van der Waals surface area (Å²) in [5.74, 6) is 3.18. The predicted molar refractivity (Wildman–Crippen MR) is 71.3 cm³/mol. The van der Waals surface area contributed by atoms with Crippen molar-refractivity contribution < 1.29 is 8.42 Å². The third kappa shape index (κ3) is 3.61. The lowest BCUT2D eigenvalue weighted by atomic mass is 10.1. The number of anilines is 1. The summed E-state index contributed by atoms with van der Waals surface area (Å²) in [6.07, 6.45) is 4.00. The highest BCUT2D eigenvalue weighted by molar-refractivity contribution is 7.99. The van der Waals surface area contributed by atoms with Gasteiger partial charge in [-0.15, -0.1) is 0 Å². The van der Waals surface area contributed by atoms with Crippen molar-refractivity contribution in [1.82, 2.24) is 4.98 Å². The highest BCUT2D eigenvalue weighted by atomic mass is 32.2. The molecule has 0 spiro atoms. The average Bonchev–Trinajstić information content (AvgIpc) is 2.78. The summed E-state index contributed by atoms with van der Waals surface area (Å²) in [6, 6.07) is 3.31. The van der Waals surface area contributed by atoms with Crippen molar-refractivity contribution in [1.29, 1.82) is 0 Å². The van der Waals surface area contributed by atoms with E-state index < -0.39 is 9.84 Å². The molecule has 1 aliphatic heterocycles. The molecule has 1 saturated heterocycles. The minimum Gasteiger partial charge on any atom is -0.383 e. The first-order valence-electron chi connectivity index (χ1n) is 5.53. The van der Waals surface area contributed by atoms with Crippen LogP contribution in [0.25, 0.3) is 0 Å². The molecule has 1 aromatic heterocycles. The van der Waals surface area contributed by atoms with E-state index in [9.17, 15) is 8.42 Å². The van der Waals surface area contributed by atoms with Gasteiger partial charge in [-0.2, -0.15) is 11.8 Å². The Hall–Kier alpha value is -0.750. The van der Waals surface area contributed by atoms with Gasteiger partial charge in [0.25, 0.3) is 0 Å². The number of thioether (sulfide) groups is 1. The quantitative estimate of drug-likeness (QED) is 0.903. The fraction of sp³-hybridized carbons (Fsp3) is 0.545. The van der Waals surface area contributed by atoms with Crippen LogP contribution in [0.4, 0.5) is 5.69 Å². The molecule has 2 heterocycles. The lowest BCUT2D eigenvalue weighted by Crippen LogP contribution is -2.13. The van der Waals surface area contributed by atoms with Crippen LogP contribution < -0.4 is 5.32 Å². The number of aromatic nitrogens is 1. The minimum absolute atomic E-state index is 0.125. The zero-order valence-electron chi connectivity index (χ0n) is 9.72. The number of nitrogens with zero attached hydrogens (tertiary/aromatic N) is 1. The largest absolute Gasteiger partial charge is 0.383 e. The topological polar surface area (TPSA) is 59.1 Å². The zero-order chi connectivity index (χ0) is 12.3. The average molecular weight is 272 g/mol. The molecular weight excluding hydrogens is 256 g/mol. The van der Waals surface area contributed by atoms with E-state index in [-0.39, 0.29) is 5.03 Å². The molecule has 1 aliphatic rings. The number of hydrogen-bond donors (Lipinski definition) is 1. The molecule has 2 rings (SSSR count). The SMILES string of the molecule is CS(=O)(=O)c1ccc(NCC2CCSC2)cn1. The van der Waals surface area contributed by atoms with Crippen LogP contribution in [0.15, 0.2) is 23.4 Å². The Morgan fingerprint density at radius 2 is 2.35 bits per heavy atom. The highest BCUT2D eigenvalue weighted by Gasteiger charge is 2.15. The van der Waals surface area contributed by atoms with Gasteiger partial charge in [-0.25, -0.2) is 13.4 Å². The number of rotatable bonds is 4. The lowest BCUT2D eigenvalue weighted by Gasteiger charge is -2.10. The molecule has 0 bridgehead atoms. The van der Waals surface area contributed by atoms with Gasteiger partial charge in [-0.05, 0) is 36.0 Å². The van der Waals surface area contributed by atoms with Crippen LogP contribution in [0.2, 0.25) is 0 Å². The molecule has 1 fully saturated rings. The first-order chi connectivity index (χ1) is 8.05. The molecule has 1 unspecified atom stereocenters. The fourth-order valence-corrected chi connectivity index (χ4v) is 3.55. The van der Waals surface area contributed by atoms with Gasteiger partial charge >= 0.3 is 0 Å². The van der Waals surface area contributed by atoms with Gasteiger partial charge in [0, 0.05) is 12.8 Å². The van der Waals surface area contributed by atoms with Gasteiger partial charge in [0.15, 0.2) is 14.9 Å². The molecule has 0 radical (unpaired) electrons. The molecule has 0 aromatic carbocycles. The van der Waals surface area contributed by atoms with Crippen LogP contribution in [0.3, 0.4) is 0 Å². The van der Waals surface area contributed by atoms with Crippen molar-refractivity contribution in [2.75, 3.05) is 29.6 Å². The Morgan fingerprint density at radius 1 is 1.53 bits per heavy atom. The number of sulfone groups is 1. The maximum absolute atomic E-state index is 11.2. The van der Waals surface area contributed by atoms with Crippen LogP contribution in [-0.4, -0.2) is 37.7 Å². The molecule has 6 heteroatoms. The van der Waals surface area contributed by atoms with Gasteiger partial charge < -0.3 is 5.32 Å². The Balaban J connectivity index is 1.94. The Labute approximate surface area is 106 Å². The van der Waals surface area contributed by atoms with Gasteiger partial charge in [0.2, 0.25) is 0 Å². The van der Waals surface area contributed by atoms with E-state index in [1.807, 2.05) is 11.8 Å². The van der Waals surface area contributed by atoms with Gasteiger partial charge in [0.1, 0.15) is 0 Å². The first-order valence-corrected chi connectivity index (χ1v) is 8.58. The smallest absolute Gasteiger partial charge is 0.192 e. The normalized spacial score (nSPS) is 20.4. The molecule has 94 valence electrons.